The first kappa shape index (κ1) is 18.2. The molecule has 0 bridgehead atoms. The summed E-state index contributed by atoms with van der Waals surface area (Å²) in [6.45, 7) is 6.30. The standard InChI is InChI=1S/C13H23N3O2.HI/c1-4-14-13(16-11(2)10-17-3)15-8-7-12-6-5-9-18-12;/h5-6,9,11H,4,7-8,10H2,1-3H3,(H2,14,15,16);1H. The van der Waals surface area contributed by atoms with Crippen LogP contribution >= 0.6 is 24.0 Å². The maximum atomic E-state index is 5.26. The zero-order valence-electron chi connectivity index (χ0n) is 11.8. The third-order valence-corrected chi connectivity index (χ3v) is 2.35. The van der Waals surface area contributed by atoms with Gasteiger partial charge in [-0.05, 0) is 26.0 Å². The Balaban J connectivity index is 0.00000324. The number of nitrogens with one attached hydrogen (secondary N) is 2. The molecule has 0 saturated heterocycles. The fraction of sp³-hybridized carbons (Fsp3) is 0.615. The molecule has 0 radical (unpaired) electrons. The summed E-state index contributed by atoms with van der Waals surface area (Å²) in [4.78, 5) is 4.49. The molecule has 1 heterocycles. The van der Waals surface area contributed by atoms with Crippen molar-refractivity contribution in [3.8, 4) is 0 Å². The summed E-state index contributed by atoms with van der Waals surface area (Å²) in [7, 11) is 1.69. The smallest absolute Gasteiger partial charge is 0.191 e. The van der Waals surface area contributed by atoms with Crippen molar-refractivity contribution in [1.82, 2.24) is 10.6 Å². The Morgan fingerprint density at radius 3 is 2.89 bits per heavy atom. The summed E-state index contributed by atoms with van der Waals surface area (Å²) in [5.74, 6) is 1.77. The Morgan fingerprint density at radius 1 is 1.53 bits per heavy atom. The van der Waals surface area contributed by atoms with Crippen LogP contribution in [0.25, 0.3) is 0 Å². The molecule has 19 heavy (non-hydrogen) atoms. The summed E-state index contributed by atoms with van der Waals surface area (Å²) in [6.07, 6.45) is 2.49. The zero-order chi connectivity index (χ0) is 13.2. The molecule has 110 valence electrons. The molecule has 1 rings (SSSR count). The Kier molecular flexibility index (Phi) is 10.7. The van der Waals surface area contributed by atoms with Crippen LogP contribution in [-0.4, -0.2) is 38.8 Å². The molecule has 1 unspecified atom stereocenters. The van der Waals surface area contributed by atoms with Gasteiger partial charge in [-0.2, -0.15) is 0 Å². The number of nitrogens with zero attached hydrogens (tertiary/aromatic N) is 1. The monoisotopic (exact) mass is 381 g/mol. The van der Waals surface area contributed by atoms with Crippen LogP contribution in [0.15, 0.2) is 27.8 Å². The van der Waals surface area contributed by atoms with E-state index >= 15 is 0 Å². The van der Waals surface area contributed by atoms with Gasteiger partial charge in [0.05, 0.1) is 12.9 Å². The van der Waals surface area contributed by atoms with E-state index in [0.29, 0.717) is 13.2 Å². The highest BCUT2D eigenvalue weighted by Crippen LogP contribution is 2.00. The molecule has 1 aromatic rings. The summed E-state index contributed by atoms with van der Waals surface area (Å²) in [6, 6.07) is 4.09. The minimum absolute atomic E-state index is 0. The molecule has 5 nitrogen and oxygen atoms in total. The summed E-state index contributed by atoms with van der Waals surface area (Å²) >= 11 is 0. The quantitative estimate of drug-likeness (QED) is 0.431. The molecule has 0 fully saturated rings. The number of hydrogen-bond acceptors (Lipinski definition) is 3. The molecule has 0 aliphatic heterocycles. The zero-order valence-corrected chi connectivity index (χ0v) is 14.1. The van der Waals surface area contributed by atoms with Gasteiger partial charge in [-0.1, -0.05) is 0 Å². The highest BCUT2D eigenvalue weighted by molar-refractivity contribution is 14.0. The van der Waals surface area contributed by atoms with Crippen LogP contribution in [0.3, 0.4) is 0 Å². The second kappa shape index (κ2) is 11.1. The van der Waals surface area contributed by atoms with Crippen molar-refractivity contribution in [2.45, 2.75) is 26.3 Å². The number of furan rings is 1. The third-order valence-electron chi connectivity index (χ3n) is 2.35. The van der Waals surface area contributed by atoms with Crippen LogP contribution in [-0.2, 0) is 11.2 Å². The van der Waals surface area contributed by atoms with Crippen LogP contribution in [0, 0.1) is 0 Å². The van der Waals surface area contributed by atoms with E-state index < -0.39 is 0 Å². The van der Waals surface area contributed by atoms with Crippen LogP contribution in [0.2, 0.25) is 0 Å². The Bertz CT molecular complexity index is 342. The van der Waals surface area contributed by atoms with Gasteiger partial charge in [0.1, 0.15) is 5.76 Å². The molecule has 2 N–H and O–H groups in total. The van der Waals surface area contributed by atoms with E-state index in [9.17, 15) is 0 Å². The van der Waals surface area contributed by atoms with Crippen LogP contribution in [0.4, 0.5) is 0 Å². The van der Waals surface area contributed by atoms with E-state index in [0.717, 1.165) is 24.7 Å². The number of aliphatic imine (C=N–C) groups is 1. The van der Waals surface area contributed by atoms with Gasteiger partial charge < -0.3 is 19.8 Å². The van der Waals surface area contributed by atoms with Crippen molar-refractivity contribution in [3.63, 3.8) is 0 Å². The SMILES string of the molecule is CCNC(=NCCc1ccco1)NC(C)COC.I. The number of rotatable bonds is 7. The molecule has 1 aromatic heterocycles. The van der Waals surface area contributed by atoms with Crippen molar-refractivity contribution in [2.24, 2.45) is 4.99 Å². The Morgan fingerprint density at radius 2 is 2.32 bits per heavy atom. The average molecular weight is 381 g/mol. The molecule has 0 aliphatic rings. The Hall–Kier alpha value is -0.760. The summed E-state index contributed by atoms with van der Waals surface area (Å²) < 4.78 is 10.4. The number of methoxy groups -OCH3 is 1. The minimum Gasteiger partial charge on any atom is -0.469 e. The fourth-order valence-electron chi connectivity index (χ4n) is 1.58. The van der Waals surface area contributed by atoms with Gasteiger partial charge in [-0.3, -0.25) is 4.99 Å². The van der Waals surface area contributed by atoms with Gasteiger partial charge >= 0.3 is 0 Å². The number of hydrogen-bond donors (Lipinski definition) is 2. The van der Waals surface area contributed by atoms with E-state index in [4.69, 9.17) is 9.15 Å². The highest BCUT2D eigenvalue weighted by atomic mass is 127. The predicted molar refractivity (Wildman–Crippen MR) is 88.3 cm³/mol. The lowest BCUT2D eigenvalue weighted by Crippen LogP contribution is -2.44. The van der Waals surface area contributed by atoms with E-state index in [2.05, 4.69) is 22.5 Å². The van der Waals surface area contributed by atoms with Crippen molar-refractivity contribution < 1.29 is 9.15 Å². The summed E-state index contributed by atoms with van der Waals surface area (Å²) in [5.41, 5.74) is 0. The third kappa shape index (κ3) is 8.10. The Labute approximate surface area is 132 Å². The average Bonchev–Trinajstić information content (AvgIpc) is 2.82. The lowest BCUT2D eigenvalue weighted by atomic mass is 10.3. The topological polar surface area (TPSA) is 58.8 Å². The van der Waals surface area contributed by atoms with E-state index in [-0.39, 0.29) is 30.0 Å². The van der Waals surface area contributed by atoms with Gasteiger partial charge in [0, 0.05) is 32.7 Å². The largest absolute Gasteiger partial charge is 0.469 e. The first-order chi connectivity index (χ1) is 8.76. The normalized spacial score (nSPS) is 12.7. The van der Waals surface area contributed by atoms with Gasteiger partial charge in [-0.15, -0.1) is 24.0 Å². The molecule has 0 amide bonds. The van der Waals surface area contributed by atoms with E-state index in [1.54, 1.807) is 13.4 Å². The van der Waals surface area contributed by atoms with Crippen LogP contribution < -0.4 is 10.6 Å². The molecule has 0 aromatic carbocycles. The van der Waals surface area contributed by atoms with Crippen LogP contribution in [0.5, 0.6) is 0 Å². The molecule has 6 heteroatoms. The first-order valence-corrected chi connectivity index (χ1v) is 6.32. The summed E-state index contributed by atoms with van der Waals surface area (Å²) in [5, 5.41) is 6.49. The molecule has 0 aliphatic carbocycles. The second-order valence-corrected chi connectivity index (χ2v) is 4.09. The van der Waals surface area contributed by atoms with E-state index in [1.807, 2.05) is 19.1 Å². The minimum atomic E-state index is 0. The molecule has 1 atom stereocenters. The fourth-order valence-corrected chi connectivity index (χ4v) is 1.58. The van der Waals surface area contributed by atoms with E-state index in [1.165, 1.54) is 0 Å². The number of guanidine groups is 1. The van der Waals surface area contributed by atoms with Gasteiger partial charge in [0.2, 0.25) is 0 Å². The lowest BCUT2D eigenvalue weighted by Gasteiger charge is -2.16. The second-order valence-electron chi connectivity index (χ2n) is 4.09. The first-order valence-electron chi connectivity index (χ1n) is 6.32. The van der Waals surface area contributed by atoms with Gasteiger partial charge in [-0.25, -0.2) is 0 Å². The van der Waals surface area contributed by atoms with Gasteiger partial charge in [0.15, 0.2) is 5.96 Å². The van der Waals surface area contributed by atoms with Crippen LogP contribution in [0.1, 0.15) is 19.6 Å². The maximum Gasteiger partial charge on any atom is 0.191 e. The van der Waals surface area contributed by atoms with Crippen molar-refractivity contribution >= 4 is 29.9 Å². The molecule has 0 saturated carbocycles. The molecular formula is C13H24IN3O2. The predicted octanol–water partition coefficient (Wildman–Crippen LogP) is 2.03. The maximum absolute atomic E-state index is 5.26. The number of halogens is 1. The van der Waals surface area contributed by atoms with Crippen molar-refractivity contribution in [1.29, 1.82) is 0 Å². The van der Waals surface area contributed by atoms with Crippen molar-refractivity contribution in [3.05, 3.63) is 24.2 Å². The lowest BCUT2D eigenvalue weighted by molar-refractivity contribution is 0.179. The highest BCUT2D eigenvalue weighted by Gasteiger charge is 2.04. The molecular weight excluding hydrogens is 357 g/mol. The van der Waals surface area contributed by atoms with Crippen molar-refractivity contribution in [2.75, 3.05) is 26.8 Å². The molecule has 0 spiro atoms. The number of ether oxygens (including phenoxy) is 1. The van der Waals surface area contributed by atoms with Gasteiger partial charge in [0.25, 0.3) is 0 Å².